The van der Waals surface area contributed by atoms with Gasteiger partial charge in [-0.2, -0.15) is 4.98 Å². The van der Waals surface area contributed by atoms with Crippen LogP contribution in [-0.4, -0.2) is 56.4 Å². The van der Waals surface area contributed by atoms with Crippen molar-refractivity contribution in [2.75, 3.05) is 16.0 Å². The first-order chi connectivity index (χ1) is 38.1. The lowest BCUT2D eigenvalue weighted by Crippen LogP contribution is -2.45. The van der Waals surface area contributed by atoms with Crippen molar-refractivity contribution in [2.24, 2.45) is 15.7 Å². The first-order valence-corrected chi connectivity index (χ1v) is 27.6. The summed E-state index contributed by atoms with van der Waals surface area (Å²) in [4.78, 5) is 37.8. The summed E-state index contributed by atoms with van der Waals surface area (Å²) in [5.41, 5.74) is 11.0. The van der Waals surface area contributed by atoms with E-state index >= 15 is 0 Å². The summed E-state index contributed by atoms with van der Waals surface area (Å²) in [5, 5.41) is 17.0. The highest BCUT2D eigenvalue weighted by Crippen LogP contribution is 2.23. The van der Waals surface area contributed by atoms with Gasteiger partial charge in [0.2, 0.25) is 11.9 Å². The number of hydrogen-bond donors (Lipinski definition) is 6. The number of anilines is 4. The van der Waals surface area contributed by atoms with Crippen LogP contribution < -0.4 is 52.2 Å². The molecule has 7 N–H and O–H groups in total. The predicted octanol–water partition coefficient (Wildman–Crippen LogP) is 14.4. The summed E-state index contributed by atoms with van der Waals surface area (Å²) in [7, 11) is 0. The number of benzene rings is 6. The van der Waals surface area contributed by atoms with Crippen molar-refractivity contribution in [2.45, 2.75) is 119 Å². The first kappa shape index (κ1) is 63.3. The normalized spacial score (nSPS) is 11.4. The van der Waals surface area contributed by atoms with Crippen molar-refractivity contribution in [1.29, 1.82) is 0 Å². The van der Waals surface area contributed by atoms with E-state index in [4.69, 9.17) is 67.0 Å². The largest absolute Gasteiger partial charge is 0.491 e. The van der Waals surface area contributed by atoms with Crippen molar-refractivity contribution in [3.8, 4) is 17.2 Å². The SMILES string of the molecule is CC(C)NC(=O)NC(=NCc1ccc(Cl)cc1)Nc1ccc(OC(C)C)cc1.CC(C)Oc1ccc(NC(N)=NCc2ccc(Cl)cc2)cc1.CC(C)Oc1ccc(Nc2nc(=O)n(C(C)C)c(=S)n2Cc2ccc(Cl)cc2)cc1. The Bertz CT molecular complexity index is 3210. The molecular formula is C60H72Cl3N11O5S. The number of guanidine groups is 2. The Morgan fingerprint density at radius 3 is 1.39 bits per heavy atom. The van der Waals surface area contributed by atoms with E-state index in [0.717, 1.165) is 51.0 Å². The van der Waals surface area contributed by atoms with Gasteiger partial charge in [-0.3, -0.25) is 14.5 Å². The van der Waals surface area contributed by atoms with Crippen molar-refractivity contribution in [3.63, 3.8) is 0 Å². The number of aromatic nitrogens is 3. The molecule has 0 atom stereocenters. The van der Waals surface area contributed by atoms with E-state index in [0.29, 0.717) is 57.3 Å². The molecule has 7 rings (SSSR count). The third kappa shape index (κ3) is 22.7. The molecule has 7 aromatic rings. The zero-order valence-corrected chi connectivity index (χ0v) is 49.8. The minimum absolute atomic E-state index is 0.0185. The van der Waals surface area contributed by atoms with Gasteiger partial charge in [0.05, 0.1) is 37.9 Å². The fourth-order valence-corrected chi connectivity index (χ4v) is 7.94. The summed E-state index contributed by atoms with van der Waals surface area (Å²) in [6.07, 6.45) is 0.361. The van der Waals surface area contributed by atoms with E-state index in [9.17, 15) is 9.59 Å². The summed E-state index contributed by atoms with van der Waals surface area (Å²) in [5.74, 6) is 3.49. The average molecular weight is 1170 g/mol. The summed E-state index contributed by atoms with van der Waals surface area (Å²) in [6, 6.07) is 44.6. The molecule has 0 saturated heterocycles. The number of ether oxygens (including phenoxy) is 3. The first-order valence-electron chi connectivity index (χ1n) is 26.1. The number of hydrogen-bond acceptors (Lipinski definition) is 10. The molecule has 16 nitrogen and oxygen atoms in total. The Morgan fingerprint density at radius 1 is 0.575 bits per heavy atom. The maximum Gasteiger partial charge on any atom is 0.353 e. The van der Waals surface area contributed by atoms with Gasteiger partial charge in [-0.05, 0) is 207 Å². The number of rotatable bonds is 18. The van der Waals surface area contributed by atoms with Crippen LogP contribution in [0.25, 0.3) is 0 Å². The Labute approximate surface area is 489 Å². The lowest BCUT2D eigenvalue weighted by atomic mass is 10.2. The molecule has 0 aliphatic heterocycles. The van der Waals surface area contributed by atoms with Crippen LogP contribution in [-0.2, 0) is 19.6 Å². The number of aliphatic imine (C=N–C) groups is 2. The summed E-state index contributed by atoms with van der Waals surface area (Å²) < 4.78 is 20.7. The van der Waals surface area contributed by atoms with Crippen LogP contribution in [0.3, 0.4) is 0 Å². The van der Waals surface area contributed by atoms with Gasteiger partial charge in [-0.25, -0.2) is 19.6 Å². The second-order valence-corrected chi connectivity index (χ2v) is 21.2. The van der Waals surface area contributed by atoms with Gasteiger partial charge in [0.15, 0.2) is 10.7 Å². The van der Waals surface area contributed by atoms with Crippen molar-refractivity contribution in [3.05, 3.63) is 193 Å². The lowest BCUT2D eigenvalue weighted by Gasteiger charge is -2.19. The Balaban J connectivity index is 0.000000223. The number of nitrogens with one attached hydrogen (secondary N) is 5. The molecule has 20 heteroatoms. The molecule has 424 valence electrons. The molecule has 0 bridgehead atoms. The molecule has 0 fully saturated rings. The van der Waals surface area contributed by atoms with E-state index in [1.165, 1.54) is 4.57 Å². The van der Waals surface area contributed by atoms with Gasteiger partial charge in [-0.1, -0.05) is 71.2 Å². The summed E-state index contributed by atoms with van der Waals surface area (Å²) >= 11 is 23.4. The number of carbonyl (C=O) groups is 1. The molecule has 0 radical (unpaired) electrons. The number of nitrogens with zero attached hydrogens (tertiary/aromatic N) is 5. The fourth-order valence-electron chi connectivity index (χ4n) is 7.12. The van der Waals surface area contributed by atoms with Crippen LogP contribution in [0.4, 0.5) is 27.8 Å². The van der Waals surface area contributed by atoms with Crippen molar-refractivity contribution in [1.82, 2.24) is 24.8 Å². The fraction of sp³-hybridized carbons (Fsp3) is 0.300. The number of carbonyl (C=O) groups excluding carboxylic acids is 1. The zero-order chi connectivity index (χ0) is 58.3. The molecule has 0 aliphatic carbocycles. The molecule has 0 saturated carbocycles. The van der Waals surface area contributed by atoms with Crippen LogP contribution in [0.1, 0.15) is 92.0 Å². The van der Waals surface area contributed by atoms with E-state index < -0.39 is 0 Å². The molecule has 6 aromatic carbocycles. The highest BCUT2D eigenvalue weighted by Gasteiger charge is 2.15. The molecular weight excluding hydrogens is 1090 g/mol. The van der Waals surface area contributed by atoms with Gasteiger partial charge < -0.3 is 41.2 Å². The highest BCUT2D eigenvalue weighted by atomic mass is 35.5. The molecule has 2 amide bonds. The highest BCUT2D eigenvalue weighted by molar-refractivity contribution is 7.71. The van der Waals surface area contributed by atoms with Crippen LogP contribution in [0, 0.1) is 4.77 Å². The van der Waals surface area contributed by atoms with Gasteiger partial charge in [0.1, 0.15) is 17.2 Å². The zero-order valence-electron chi connectivity index (χ0n) is 46.8. The van der Waals surface area contributed by atoms with E-state index in [1.807, 2.05) is 219 Å². The van der Waals surface area contributed by atoms with Crippen LogP contribution in [0.15, 0.2) is 160 Å². The number of halogens is 3. The van der Waals surface area contributed by atoms with E-state index in [2.05, 4.69) is 41.6 Å². The molecule has 0 aliphatic rings. The molecule has 0 unspecified atom stereocenters. The van der Waals surface area contributed by atoms with Gasteiger partial charge in [0.25, 0.3) is 0 Å². The van der Waals surface area contributed by atoms with E-state index in [-0.39, 0.29) is 42.1 Å². The number of urea groups is 1. The van der Waals surface area contributed by atoms with Gasteiger partial charge in [-0.15, -0.1) is 0 Å². The maximum absolute atomic E-state index is 12.6. The third-order valence-electron chi connectivity index (χ3n) is 10.7. The second-order valence-electron chi connectivity index (χ2n) is 19.5. The Kier molecular flexibility index (Phi) is 25.2. The average Bonchev–Trinajstić information content (AvgIpc) is 3.40. The molecule has 0 spiro atoms. The number of amides is 2. The monoisotopic (exact) mass is 1160 g/mol. The van der Waals surface area contributed by atoms with Gasteiger partial charge in [0, 0.05) is 44.2 Å². The summed E-state index contributed by atoms with van der Waals surface area (Å²) in [6.45, 7) is 20.9. The second kappa shape index (κ2) is 31.9. The van der Waals surface area contributed by atoms with Crippen LogP contribution in [0.5, 0.6) is 17.2 Å². The van der Waals surface area contributed by atoms with Crippen molar-refractivity contribution < 1.29 is 19.0 Å². The van der Waals surface area contributed by atoms with Crippen molar-refractivity contribution >= 4 is 88.0 Å². The predicted molar refractivity (Wildman–Crippen MR) is 332 cm³/mol. The van der Waals surface area contributed by atoms with Gasteiger partial charge >= 0.3 is 11.7 Å². The quantitative estimate of drug-likeness (QED) is 0.0272. The minimum Gasteiger partial charge on any atom is -0.491 e. The maximum atomic E-state index is 12.6. The molecule has 1 aromatic heterocycles. The Hall–Kier alpha value is -7.57. The molecule has 80 heavy (non-hydrogen) atoms. The lowest BCUT2D eigenvalue weighted by molar-refractivity contribution is 0.242. The minimum atomic E-state index is -0.385. The van der Waals surface area contributed by atoms with E-state index in [1.54, 1.807) is 0 Å². The topological polar surface area (TPSA) is 195 Å². The third-order valence-corrected chi connectivity index (χ3v) is 11.8. The number of nitrogens with two attached hydrogens (primary N) is 1. The Morgan fingerprint density at radius 2 is 0.975 bits per heavy atom. The standard InChI is InChI=1S/C22H25ClN4O2S.C21H27ClN4O2.C17H20ClN3O/c1-14(2)27-21(28)25-20(24-18-9-11-19(12-10-18)29-15(3)4)26(22(27)30)13-16-5-7-17(23)8-6-16;1-14(2)24-21(27)26-20(23-13-16-5-7-17(22)8-6-16)25-18-9-11-19(12-10-18)28-15(3)4;1-12(2)22-16-9-7-15(8-10-16)21-17(19)20-11-13-3-5-14(18)6-4-13/h5-12,14-15H,13H2,1-4H3,(H,24,25,28);5-12,14-15H,13H2,1-4H3,(H3,23,24,25,26,27);3-10,12H,11H2,1-2H3,(H3,19,20,21). The van der Waals surface area contributed by atoms with Crippen LogP contribution >= 0.6 is 47.0 Å². The smallest absolute Gasteiger partial charge is 0.353 e. The molecule has 1 heterocycles. The van der Waals surface area contributed by atoms with Crippen LogP contribution in [0.2, 0.25) is 15.1 Å².